The van der Waals surface area contributed by atoms with Crippen LogP contribution in [0.1, 0.15) is 11.1 Å². The number of benzene rings is 2. The molecule has 19 heavy (non-hydrogen) atoms. The van der Waals surface area contributed by atoms with E-state index >= 15 is 0 Å². The van der Waals surface area contributed by atoms with Crippen molar-refractivity contribution in [2.24, 2.45) is 0 Å². The molecular weight excluding hydrogens is 266 g/mol. The van der Waals surface area contributed by atoms with Crippen molar-refractivity contribution in [3.63, 3.8) is 0 Å². The Morgan fingerprint density at radius 3 is 1.95 bits per heavy atom. The Labute approximate surface area is 115 Å². The summed E-state index contributed by atoms with van der Waals surface area (Å²) in [4.78, 5) is 0. The normalized spacial score (nSPS) is 11.5. The first kappa shape index (κ1) is 13.5. The van der Waals surface area contributed by atoms with Gasteiger partial charge in [-0.05, 0) is 35.4 Å². The summed E-state index contributed by atoms with van der Waals surface area (Å²) in [6.07, 6.45) is 7.19. The molecule has 0 aliphatic heterocycles. The Bertz CT molecular complexity index is 613. The van der Waals surface area contributed by atoms with Crippen molar-refractivity contribution in [3.05, 3.63) is 82.4 Å². The smallest absolute Gasteiger partial charge is 0.159 e. The topological polar surface area (TPSA) is 0 Å². The van der Waals surface area contributed by atoms with Gasteiger partial charge in [0.05, 0.1) is 0 Å². The van der Waals surface area contributed by atoms with Crippen molar-refractivity contribution in [2.45, 2.75) is 0 Å². The third-order valence-electron chi connectivity index (χ3n) is 2.50. The van der Waals surface area contributed by atoms with Crippen molar-refractivity contribution in [1.82, 2.24) is 0 Å². The van der Waals surface area contributed by atoms with E-state index < -0.39 is 11.6 Å². The van der Waals surface area contributed by atoms with Gasteiger partial charge in [0.1, 0.15) is 0 Å². The Morgan fingerprint density at radius 1 is 0.737 bits per heavy atom. The van der Waals surface area contributed by atoms with Crippen molar-refractivity contribution >= 4 is 23.8 Å². The van der Waals surface area contributed by atoms with Gasteiger partial charge in [0, 0.05) is 5.02 Å². The summed E-state index contributed by atoms with van der Waals surface area (Å²) in [5, 5.41) is 0.689. The Kier molecular flexibility index (Phi) is 4.48. The molecule has 0 atom stereocenters. The Balaban J connectivity index is 2.03. The van der Waals surface area contributed by atoms with Gasteiger partial charge in [-0.25, -0.2) is 8.78 Å². The summed E-state index contributed by atoms with van der Waals surface area (Å²) in [7, 11) is 0. The lowest BCUT2D eigenvalue weighted by molar-refractivity contribution is 0.508. The molecule has 0 saturated carbocycles. The molecule has 0 nitrogen and oxygen atoms in total. The fraction of sp³-hybridized carbons (Fsp3) is 0. The van der Waals surface area contributed by atoms with Gasteiger partial charge in [-0.2, -0.15) is 0 Å². The molecule has 0 heterocycles. The van der Waals surface area contributed by atoms with Crippen molar-refractivity contribution < 1.29 is 8.78 Å². The summed E-state index contributed by atoms with van der Waals surface area (Å²) in [6, 6.07) is 11.2. The first-order valence-corrected chi connectivity index (χ1v) is 6.08. The SMILES string of the molecule is Fc1ccc(C=CC=Cc2ccc(Cl)cc2)cc1F. The number of hydrogen-bond acceptors (Lipinski definition) is 0. The van der Waals surface area contributed by atoms with Crippen LogP contribution >= 0.6 is 11.6 Å². The highest BCUT2D eigenvalue weighted by molar-refractivity contribution is 6.30. The van der Waals surface area contributed by atoms with Crippen molar-refractivity contribution in [1.29, 1.82) is 0 Å². The summed E-state index contributed by atoms with van der Waals surface area (Å²) in [6.45, 7) is 0. The average Bonchev–Trinajstić information content (AvgIpc) is 2.41. The standard InChI is InChI=1S/C16H11ClF2/c17-14-8-5-12(6-9-14)3-1-2-4-13-7-10-15(18)16(19)11-13/h1-11H. The number of rotatable bonds is 3. The van der Waals surface area contributed by atoms with E-state index in [1.165, 1.54) is 6.07 Å². The molecule has 0 unspecified atom stereocenters. The molecule has 0 aliphatic rings. The number of halogens is 3. The van der Waals surface area contributed by atoms with Crippen LogP contribution in [-0.2, 0) is 0 Å². The maximum atomic E-state index is 13.0. The molecule has 3 heteroatoms. The van der Waals surface area contributed by atoms with E-state index in [9.17, 15) is 8.78 Å². The third-order valence-corrected chi connectivity index (χ3v) is 2.75. The molecule has 96 valence electrons. The average molecular weight is 277 g/mol. The zero-order chi connectivity index (χ0) is 13.7. The van der Waals surface area contributed by atoms with Gasteiger partial charge in [0.2, 0.25) is 0 Å². The van der Waals surface area contributed by atoms with E-state index in [0.717, 1.165) is 17.7 Å². The van der Waals surface area contributed by atoms with E-state index in [4.69, 9.17) is 11.6 Å². The number of hydrogen-bond donors (Lipinski definition) is 0. The van der Waals surface area contributed by atoms with Crippen LogP contribution in [0, 0.1) is 11.6 Å². The highest BCUT2D eigenvalue weighted by Gasteiger charge is 1.99. The lowest BCUT2D eigenvalue weighted by Crippen LogP contribution is -1.83. The minimum atomic E-state index is -0.844. The van der Waals surface area contributed by atoms with Crippen LogP contribution in [0.2, 0.25) is 5.02 Å². The minimum Gasteiger partial charge on any atom is -0.204 e. The number of allylic oxidation sites excluding steroid dienone is 2. The predicted octanol–water partition coefficient (Wildman–Crippen LogP) is 5.34. The lowest BCUT2D eigenvalue weighted by atomic mass is 10.2. The zero-order valence-corrected chi connectivity index (χ0v) is 10.7. The molecule has 0 N–H and O–H groups in total. The van der Waals surface area contributed by atoms with Gasteiger partial charge < -0.3 is 0 Å². The maximum Gasteiger partial charge on any atom is 0.159 e. The third kappa shape index (κ3) is 4.04. The van der Waals surface area contributed by atoms with Gasteiger partial charge in [0.25, 0.3) is 0 Å². The summed E-state index contributed by atoms with van der Waals surface area (Å²) >= 11 is 5.78. The molecule has 0 spiro atoms. The summed E-state index contributed by atoms with van der Waals surface area (Å²) < 4.78 is 25.7. The van der Waals surface area contributed by atoms with Crippen molar-refractivity contribution in [2.75, 3.05) is 0 Å². The van der Waals surface area contributed by atoms with Gasteiger partial charge in [0.15, 0.2) is 11.6 Å². The van der Waals surface area contributed by atoms with Gasteiger partial charge in [-0.15, -0.1) is 0 Å². The highest BCUT2D eigenvalue weighted by atomic mass is 35.5. The predicted molar refractivity (Wildman–Crippen MR) is 75.9 cm³/mol. The van der Waals surface area contributed by atoms with Gasteiger partial charge in [-0.3, -0.25) is 0 Å². The van der Waals surface area contributed by atoms with Crippen LogP contribution in [-0.4, -0.2) is 0 Å². The van der Waals surface area contributed by atoms with Gasteiger partial charge >= 0.3 is 0 Å². The molecular formula is C16H11ClF2. The molecule has 0 aromatic heterocycles. The minimum absolute atomic E-state index is 0.611. The molecule has 0 saturated heterocycles. The molecule has 2 rings (SSSR count). The monoisotopic (exact) mass is 276 g/mol. The highest BCUT2D eigenvalue weighted by Crippen LogP contribution is 2.12. The van der Waals surface area contributed by atoms with Crippen LogP contribution in [0.3, 0.4) is 0 Å². The van der Waals surface area contributed by atoms with Crippen LogP contribution in [0.25, 0.3) is 12.2 Å². The van der Waals surface area contributed by atoms with Crippen LogP contribution < -0.4 is 0 Å². The molecule has 0 bridgehead atoms. The Morgan fingerprint density at radius 2 is 1.32 bits per heavy atom. The second-order valence-electron chi connectivity index (χ2n) is 3.94. The van der Waals surface area contributed by atoms with E-state index in [1.807, 2.05) is 24.3 Å². The van der Waals surface area contributed by atoms with Crippen LogP contribution in [0.4, 0.5) is 8.78 Å². The molecule has 0 radical (unpaired) electrons. The second-order valence-corrected chi connectivity index (χ2v) is 4.38. The van der Waals surface area contributed by atoms with Gasteiger partial charge in [-0.1, -0.05) is 54.1 Å². The van der Waals surface area contributed by atoms with E-state index in [0.29, 0.717) is 10.6 Å². The zero-order valence-electron chi connectivity index (χ0n) is 9.98. The van der Waals surface area contributed by atoms with Crippen LogP contribution in [0.5, 0.6) is 0 Å². The Hall–Kier alpha value is -1.93. The molecule has 0 aliphatic carbocycles. The molecule has 2 aromatic rings. The fourth-order valence-electron chi connectivity index (χ4n) is 1.52. The quantitative estimate of drug-likeness (QED) is 0.663. The molecule has 2 aromatic carbocycles. The summed E-state index contributed by atoms with van der Waals surface area (Å²) in [5.74, 6) is -1.68. The molecule has 0 amide bonds. The molecule has 0 fully saturated rings. The summed E-state index contributed by atoms with van der Waals surface area (Å²) in [5.41, 5.74) is 1.62. The largest absolute Gasteiger partial charge is 0.204 e. The lowest BCUT2D eigenvalue weighted by Gasteiger charge is -1.94. The van der Waals surface area contributed by atoms with Crippen LogP contribution in [0.15, 0.2) is 54.6 Å². The van der Waals surface area contributed by atoms with E-state index in [1.54, 1.807) is 24.3 Å². The fourth-order valence-corrected chi connectivity index (χ4v) is 1.65. The first-order valence-electron chi connectivity index (χ1n) is 5.70. The maximum absolute atomic E-state index is 13.0. The first-order chi connectivity index (χ1) is 9.15. The van der Waals surface area contributed by atoms with E-state index in [-0.39, 0.29) is 0 Å². The second kappa shape index (κ2) is 6.30. The van der Waals surface area contributed by atoms with Crippen molar-refractivity contribution in [3.8, 4) is 0 Å². The van der Waals surface area contributed by atoms with E-state index in [2.05, 4.69) is 0 Å².